The molecule has 31 heavy (non-hydrogen) atoms. The Kier molecular flexibility index (Phi) is 9.11. The monoisotopic (exact) mass is 444 g/mol. The van der Waals surface area contributed by atoms with Crippen LogP contribution in [0.4, 0.5) is 5.69 Å². The zero-order chi connectivity index (χ0) is 23.0. The maximum absolute atomic E-state index is 12.3. The highest BCUT2D eigenvalue weighted by Gasteiger charge is 2.19. The Morgan fingerprint density at radius 3 is 2.32 bits per heavy atom. The van der Waals surface area contributed by atoms with Crippen LogP contribution in [0.3, 0.4) is 0 Å². The molecule has 2 rings (SSSR count). The summed E-state index contributed by atoms with van der Waals surface area (Å²) in [5.41, 5.74) is 5.28. The molecule has 0 spiro atoms. The van der Waals surface area contributed by atoms with Crippen LogP contribution >= 0.6 is 0 Å². The second-order valence-corrected chi connectivity index (χ2v) is 10.4. The van der Waals surface area contributed by atoms with Gasteiger partial charge in [-0.3, -0.25) is 9.10 Å². The van der Waals surface area contributed by atoms with Crippen LogP contribution in [0.15, 0.2) is 42.5 Å². The Morgan fingerprint density at radius 1 is 1.03 bits per heavy atom. The first kappa shape index (κ1) is 24.9. The Morgan fingerprint density at radius 2 is 1.71 bits per heavy atom. The van der Waals surface area contributed by atoms with Gasteiger partial charge in [0.2, 0.25) is 15.9 Å². The number of amides is 1. The Balaban J connectivity index is 1.77. The molecule has 0 aliphatic carbocycles. The SMILES string of the molecule is Cc1cccc(N(CCCC(=O)NCCCc2ccc(C(C)C)cc2)S(C)(=O)=O)c1C. The topological polar surface area (TPSA) is 66.5 Å². The lowest BCUT2D eigenvalue weighted by Crippen LogP contribution is -2.33. The normalized spacial score (nSPS) is 11.5. The Bertz CT molecular complexity index is 967. The molecule has 2 aromatic carbocycles. The third kappa shape index (κ3) is 7.69. The first-order valence-corrected chi connectivity index (χ1v) is 12.8. The molecule has 0 unspecified atom stereocenters. The maximum atomic E-state index is 12.3. The molecule has 170 valence electrons. The molecular formula is C25H36N2O3S. The number of rotatable bonds is 11. The van der Waals surface area contributed by atoms with E-state index in [1.807, 2.05) is 32.0 Å². The van der Waals surface area contributed by atoms with Crippen molar-refractivity contribution in [1.82, 2.24) is 5.32 Å². The number of carbonyl (C=O) groups is 1. The van der Waals surface area contributed by atoms with Crippen molar-refractivity contribution in [2.75, 3.05) is 23.7 Å². The lowest BCUT2D eigenvalue weighted by atomic mass is 10.0. The predicted molar refractivity (Wildman–Crippen MR) is 129 cm³/mol. The summed E-state index contributed by atoms with van der Waals surface area (Å²) in [7, 11) is -3.41. The van der Waals surface area contributed by atoms with Gasteiger partial charge in [0, 0.05) is 19.5 Å². The third-order valence-corrected chi connectivity index (χ3v) is 6.80. The third-order valence-electron chi connectivity index (χ3n) is 5.62. The number of aryl methyl sites for hydroxylation is 2. The molecule has 0 saturated heterocycles. The van der Waals surface area contributed by atoms with Crippen molar-refractivity contribution in [3.05, 3.63) is 64.7 Å². The molecule has 1 amide bonds. The van der Waals surface area contributed by atoms with Crippen LogP contribution in [0.25, 0.3) is 0 Å². The summed E-state index contributed by atoms with van der Waals surface area (Å²) in [6.07, 6.45) is 3.79. The molecule has 0 aliphatic rings. The molecule has 0 heterocycles. The fourth-order valence-electron chi connectivity index (χ4n) is 3.53. The van der Waals surface area contributed by atoms with Crippen LogP contribution in [0.5, 0.6) is 0 Å². The van der Waals surface area contributed by atoms with E-state index in [1.54, 1.807) is 0 Å². The van der Waals surface area contributed by atoms with Crippen LogP contribution in [0.2, 0.25) is 0 Å². The number of carbonyl (C=O) groups excluding carboxylic acids is 1. The number of anilines is 1. The van der Waals surface area contributed by atoms with Crippen molar-refractivity contribution in [3.8, 4) is 0 Å². The number of hydrogen-bond donors (Lipinski definition) is 1. The van der Waals surface area contributed by atoms with Crippen molar-refractivity contribution in [1.29, 1.82) is 0 Å². The summed E-state index contributed by atoms with van der Waals surface area (Å²) in [4.78, 5) is 12.2. The molecule has 0 fully saturated rings. The zero-order valence-corrected chi connectivity index (χ0v) is 20.3. The van der Waals surface area contributed by atoms with Gasteiger partial charge >= 0.3 is 0 Å². The highest BCUT2D eigenvalue weighted by Crippen LogP contribution is 2.25. The number of sulfonamides is 1. The van der Waals surface area contributed by atoms with Crippen molar-refractivity contribution in [2.24, 2.45) is 0 Å². The van der Waals surface area contributed by atoms with E-state index in [0.717, 1.165) is 24.0 Å². The molecule has 0 aliphatic heterocycles. The van der Waals surface area contributed by atoms with Crippen molar-refractivity contribution >= 4 is 21.6 Å². The van der Waals surface area contributed by atoms with Crippen molar-refractivity contribution in [3.63, 3.8) is 0 Å². The van der Waals surface area contributed by atoms with Gasteiger partial charge in [-0.1, -0.05) is 50.2 Å². The summed E-state index contributed by atoms with van der Waals surface area (Å²) >= 11 is 0. The average molecular weight is 445 g/mol. The van der Waals surface area contributed by atoms with Gasteiger partial charge in [-0.25, -0.2) is 8.42 Å². The predicted octanol–water partition coefficient (Wildman–Crippen LogP) is 4.72. The quantitative estimate of drug-likeness (QED) is 0.510. The number of nitrogens with zero attached hydrogens (tertiary/aromatic N) is 1. The molecule has 2 aromatic rings. The minimum absolute atomic E-state index is 0.0374. The van der Waals surface area contributed by atoms with Crippen molar-refractivity contribution < 1.29 is 13.2 Å². The number of nitrogens with one attached hydrogen (secondary N) is 1. The summed E-state index contributed by atoms with van der Waals surface area (Å²) in [6.45, 7) is 9.16. The second kappa shape index (κ2) is 11.3. The van der Waals surface area contributed by atoms with E-state index in [9.17, 15) is 13.2 Å². The van der Waals surface area contributed by atoms with E-state index in [1.165, 1.54) is 21.7 Å². The fourth-order valence-corrected chi connectivity index (χ4v) is 4.55. The van der Waals surface area contributed by atoms with E-state index in [-0.39, 0.29) is 5.91 Å². The molecule has 0 radical (unpaired) electrons. The minimum Gasteiger partial charge on any atom is -0.356 e. The first-order valence-electron chi connectivity index (χ1n) is 11.0. The molecule has 0 bridgehead atoms. The fraction of sp³-hybridized carbons (Fsp3) is 0.480. The van der Waals surface area contributed by atoms with Crippen LogP contribution < -0.4 is 9.62 Å². The van der Waals surface area contributed by atoms with Crippen LogP contribution in [0, 0.1) is 13.8 Å². The van der Waals surface area contributed by atoms with E-state index >= 15 is 0 Å². The van der Waals surface area contributed by atoms with Crippen LogP contribution in [0.1, 0.15) is 61.3 Å². The first-order chi connectivity index (χ1) is 14.6. The average Bonchev–Trinajstić information content (AvgIpc) is 2.70. The Labute approximate surface area is 187 Å². The summed E-state index contributed by atoms with van der Waals surface area (Å²) in [6, 6.07) is 14.3. The van der Waals surface area contributed by atoms with Gasteiger partial charge in [0.25, 0.3) is 0 Å². The van der Waals surface area contributed by atoms with E-state index in [0.29, 0.717) is 37.5 Å². The van der Waals surface area contributed by atoms with E-state index in [2.05, 4.69) is 43.4 Å². The van der Waals surface area contributed by atoms with Gasteiger partial charge in [-0.2, -0.15) is 0 Å². The Hall–Kier alpha value is -2.34. The van der Waals surface area contributed by atoms with Gasteiger partial charge in [-0.05, 0) is 67.3 Å². The zero-order valence-electron chi connectivity index (χ0n) is 19.4. The molecular weight excluding hydrogens is 408 g/mol. The van der Waals surface area contributed by atoms with Gasteiger partial charge in [0.15, 0.2) is 0 Å². The number of hydrogen-bond acceptors (Lipinski definition) is 3. The van der Waals surface area contributed by atoms with Gasteiger partial charge < -0.3 is 5.32 Å². The van der Waals surface area contributed by atoms with E-state index < -0.39 is 10.0 Å². The highest BCUT2D eigenvalue weighted by atomic mass is 32.2. The number of benzene rings is 2. The van der Waals surface area contributed by atoms with E-state index in [4.69, 9.17) is 0 Å². The largest absolute Gasteiger partial charge is 0.356 e. The summed E-state index contributed by atoms with van der Waals surface area (Å²) in [5.74, 6) is 0.492. The lowest BCUT2D eigenvalue weighted by molar-refractivity contribution is -0.121. The summed E-state index contributed by atoms with van der Waals surface area (Å²) in [5, 5.41) is 2.95. The maximum Gasteiger partial charge on any atom is 0.232 e. The smallest absolute Gasteiger partial charge is 0.232 e. The molecule has 0 saturated carbocycles. The molecule has 6 heteroatoms. The van der Waals surface area contributed by atoms with Gasteiger partial charge in [0.05, 0.1) is 11.9 Å². The van der Waals surface area contributed by atoms with Crippen molar-refractivity contribution in [2.45, 2.75) is 59.3 Å². The summed E-state index contributed by atoms with van der Waals surface area (Å²) < 4.78 is 26.0. The second-order valence-electron chi connectivity index (χ2n) is 8.51. The molecule has 5 nitrogen and oxygen atoms in total. The standard InChI is InChI=1S/C25H36N2O3S/c1-19(2)23-15-13-22(14-16-23)10-7-17-26-25(28)12-8-18-27(31(5,29)30)24-11-6-9-20(3)21(24)4/h6,9,11,13-16,19H,7-8,10,12,17-18H2,1-5H3,(H,26,28). The molecule has 1 N–H and O–H groups in total. The molecule has 0 atom stereocenters. The highest BCUT2D eigenvalue weighted by molar-refractivity contribution is 7.92. The minimum atomic E-state index is -3.41. The van der Waals surface area contributed by atoms with Gasteiger partial charge in [0.1, 0.15) is 0 Å². The van der Waals surface area contributed by atoms with Crippen LogP contribution in [-0.2, 0) is 21.2 Å². The van der Waals surface area contributed by atoms with Gasteiger partial charge in [-0.15, -0.1) is 0 Å². The molecule has 0 aromatic heterocycles. The lowest BCUT2D eigenvalue weighted by Gasteiger charge is -2.24. The van der Waals surface area contributed by atoms with Crippen LogP contribution in [-0.4, -0.2) is 33.7 Å².